The average Bonchev–Trinajstić information content (AvgIpc) is 2.80. The molecule has 1 atom stereocenters. The first kappa shape index (κ1) is 30.3. The Bertz CT molecular complexity index is 1150. The summed E-state index contributed by atoms with van der Waals surface area (Å²) in [6.45, 7) is 7.62. The summed E-state index contributed by atoms with van der Waals surface area (Å²) in [4.78, 5) is 25.7. The molecule has 0 aliphatic rings. The number of esters is 1. The molecule has 0 aromatic heterocycles. The van der Waals surface area contributed by atoms with Gasteiger partial charge < -0.3 is 31.8 Å². The highest BCUT2D eigenvalue weighted by molar-refractivity contribution is 9.10. The molecule has 0 aliphatic carbocycles. The monoisotopic (exact) mass is 729 g/mol. The topological polar surface area (TPSA) is 64.6 Å². The molecule has 0 spiro atoms. The van der Waals surface area contributed by atoms with Crippen LogP contribution in [0.1, 0.15) is 37.5 Å². The Morgan fingerprint density at radius 3 is 2.31 bits per heavy atom. The fourth-order valence-electron chi connectivity index (χ4n) is 3.18. The molecule has 3 aromatic carbocycles. The van der Waals surface area contributed by atoms with Crippen LogP contribution in [0.4, 0.5) is 4.79 Å². The maximum absolute atomic E-state index is 13.1. The van der Waals surface area contributed by atoms with Crippen molar-refractivity contribution in [2.75, 3.05) is 0 Å². The van der Waals surface area contributed by atoms with Crippen LogP contribution >= 0.6 is 15.9 Å². The molecule has 3 aromatic rings. The molecule has 0 radical (unpaired) electrons. The van der Waals surface area contributed by atoms with E-state index in [0.29, 0.717) is 6.42 Å². The lowest BCUT2D eigenvalue weighted by Crippen LogP contribution is -3.61. The molecule has 0 bridgehead atoms. The summed E-state index contributed by atoms with van der Waals surface area (Å²) in [5, 5.41) is 2.74. The lowest BCUT2D eigenvalue weighted by Gasteiger charge is -2.24. The number of hydrogen-bond acceptors (Lipinski definition) is 4. The average molecular weight is 731 g/mol. The molecular formula is C28H30Br2INO4. The molecule has 1 N–H and O–H groups in total. The van der Waals surface area contributed by atoms with E-state index in [1.807, 2.05) is 63.2 Å². The first-order valence-corrected chi connectivity index (χ1v) is 14.2. The molecule has 192 valence electrons. The second-order valence-corrected chi connectivity index (χ2v) is 13.0. The van der Waals surface area contributed by atoms with E-state index in [1.165, 1.54) is 12.7 Å². The molecule has 1 unspecified atom stereocenters. The first-order valence-electron chi connectivity index (χ1n) is 11.3. The van der Waals surface area contributed by atoms with Crippen molar-refractivity contribution in [2.45, 2.75) is 52.4 Å². The zero-order valence-electron chi connectivity index (χ0n) is 20.7. The van der Waals surface area contributed by atoms with E-state index < -0.39 is 44.9 Å². The first-order chi connectivity index (χ1) is 16.6. The number of rotatable bonds is 8. The summed E-state index contributed by atoms with van der Waals surface area (Å²) in [6, 6.07) is 23.1. The number of halogens is 3. The second-order valence-electron chi connectivity index (χ2n) is 9.12. The number of amides is 1. The van der Waals surface area contributed by atoms with E-state index in [2.05, 4.69) is 58.5 Å². The number of ether oxygens (including phenoxy) is 2. The van der Waals surface area contributed by atoms with Gasteiger partial charge in [0, 0.05) is 22.5 Å². The van der Waals surface area contributed by atoms with Gasteiger partial charge in [-0.15, -0.1) is 0 Å². The van der Waals surface area contributed by atoms with E-state index in [0.717, 1.165) is 15.6 Å². The van der Waals surface area contributed by atoms with Gasteiger partial charge in [0.2, 0.25) is 0 Å². The zero-order valence-corrected chi connectivity index (χ0v) is 26.0. The second kappa shape index (κ2) is 14.1. The van der Waals surface area contributed by atoms with E-state index >= 15 is 0 Å². The number of aryl methyl sites for hydroxylation is 1. The van der Waals surface area contributed by atoms with Crippen molar-refractivity contribution >= 4 is 28.0 Å². The fourth-order valence-corrected chi connectivity index (χ4v) is 6.60. The van der Waals surface area contributed by atoms with Gasteiger partial charge in [0.15, 0.2) is 7.14 Å². The summed E-state index contributed by atoms with van der Waals surface area (Å²) < 4.78 is 14.4. The molecule has 0 saturated carbocycles. The van der Waals surface area contributed by atoms with Crippen LogP contribution in [0, 0.1) is 14.1 Å². The van der Waals surface area contributed by atoms with Crippen molar-refractivity contribution in [1.29, 1.82) is 0 Å². The summed E-state index contributed by atoms with van der Waals surface area (Å²) >= 11 is 3.09. The number of carbonyl (C=O) groups is 2. The van der Waals surface area contributed by atoms with Crippen molar-refractivity contribution in [3.05, 3.63) is 101 Å². The standard InChI is InChI=1S/C28H29BrINO4.BrH/c1-19-10-14-23(15-11-19)30-24-17-22(29)13-12-21(24)16-25(26(32)35-28(2,3)4)31-27(33)34-18-20-8-6-5-7-9-20;/h5-15,17,25H,16,18H2,1-4H3;1H. The van der Waals surface area contributed by atoms with Gasteiger partial charge in [-0.2, -0.15) is 0 Å². The van der Waals surface area contributed by atoms with Crippen LogP contribution in [0.15, 0.2) is 77.3 Å². The minimum absolute atomic E-state index is 0. The van der Waals surface area contributed by atoms with Crippen LogP contribution in [0.2, 0.25) is 0 Å². The van der Waals surface area contributed by atoms with Gasteiger partial charge in [-0.1, -0.05) is 70.0 Å². The highest BCUT2D eigenvalue weighted by Gasteiger charge is 2.30. The van der Waals surface area contributed by atoms with Crippen molar-refractivity contribution in [3.63, 3.8) is 0 Å². The highest BCUT2D eigenvalue weighted by atomic mass is 127. The molecule has 0 aliphatic heterocycles. The molecule has 5 nitrogen and oxygen atoms in total. The maximum atomic E-state index is 13.1. The molecule has 3 rings (SSSR count). The van der Waals surface area contributed by atoms with Gasteiger partial charge in [0.25, 0.3) is 0 Å². The van der Waals surface area contributed by atoms with Crippen LogP contribution < -0.4 is 43.5 Å². The summed E-state index contributed by atoms with van der Waals surface area (Å²) in [6.07, 6.45) is -0.347. The van der Waals surface area contributed by atoms with Crippen LogP contribution in [0.3, 0.4) is 0 Å². The largest absolute Gasteiger partial charge is 1.00 e. The third-order valence-corrected chi connectivity index (χ3v) is 8.28. The van der Waals surface area contributed by atoms with Crippen LogP contribution in [0.5, 0.6) is 0 Å². The Hall–Kier alpha value is -1.91. The summed E-state index contributed by atoms with van der Waals surface area (Å²) in [7, 11) is 0. The predicted molar refractivity (Wildman–Crippen MR) is 136 cm³/mol. The zero-order chi connectivity index (χ0) is 25.4. The quantitative estimate of drug-likeness (QED) is 0.264. The Balaban J connectivity index is 0.00000456. The van der Waals surface area contributed by atoms with Crippen LogP contribution in [-0.2, 0) is 27.3 Å². The lowest BCUT2D eigenvalue weighted by molar-refractivity contribution is -0.598. The van der Waals surface area contributed by atoms with Crippen LogP contribution in [-0.4, -0.2) is 23.7 Å². The molecule has 0 fully saturated rings. The Labute approximate surface area is 242 Å². The Morgan fingerprint density at radius 1 is 1.00 bits per heavy atom. The van der Waals surface area contributed by atoms with Gasteiger partial charge in [0.1, 0.15) is 18.2 Å². The number of hydrogen-bond donors (Lipinski definition) is 1. The normalized spacial score (nSPS) is 11.7. The molecular weight excluding hydrogens is 701 g/mol. The minimum atomic E-state index is -0.876. The highest BCUT2D eigenvalue weighted by Crippen LogP contribution is 2.15. The Kier molecular flexibility index (Phi) is 11.9. The van der Waals surface area contributed by atoms with E-state index in [9.17, 15) is 9.59 Å². The van der Waals surface area contributed by atoms with Gasteiger partial charge >= 0.3 is 33.3 Å². The van der Waals surface area contributed by atoms with Crippen molar-refractivity contribution in [3.8, 4) is 0 Å². The predicted octanol–water partition coefficient (Wildman–Crippen LogP) is 0.0691. The van der Waals surface area contributed by atoms with Crippen molar-refractivity contribution in [1.82, 2.24) is 5.32 Å². The number of nitrogens with one attached hydrogen (secondary N) is 1. The molecule has 8 heteroatoms. The number of benzene rings is 3. The van der Waals surface area contributed by atoms with Crippen LogP contribution in [0.25, 0.3) is 0 Å². The summed E-state index contributed by atoms with van der Waals surface area (Å²) in [5.74, 6) is -0.489. The molecule has 0 heterocycles. The Morgan fingerprint density at radius 2 is 1.67 bits per heavy atom. The van der Waals surface area contributed by atoms with Gasteiger partial charge in [-0.3, -0.25) is 0 Å². The molecule has 0 saturated heterocycles. The third-order valence-electron chi connectivity index (χ3n) is 4.86. The van der Waals surface area contributed by atoms with Gasteiger partial charge in [-0.25, -0.2) is 9.59 Å². The van der Waals surface area contributed by atoms with E-state index in [1.54, 1.807) is 0 Å². The SMILES string of the molecule is Cc1ccc([I+]c2cc(Br)ccc2CC(NC(=O)OCc2ccccc2)C(=O)OC(C)(C)C)cc1.[Br-]. The van der Waals surface area contributed by atoms with Gasteiger partial charge in [0.05, 0.1) is 0 Å². The van der Waals surface area contributed by atoms with E-state index in [-0.39, 0.29) is 23.6 Å². The van der Waals surface area contributed by atoms with Crippen molar-refractivity contribution < 1.29 is 57.2 Å². The third kappa shape index (κ3) is 10.2. The fraction of sp³-hybridized carbons (Fsp3) is 0.286. The minimum Gasteiger partial charge on any atom is -1.00 e. The number of carbonyl (C=O) groups excluding carboxylic acids is 2. The smallest absolute Gasteiger partial charge is 0.408 e. The molecule has 36 heavy (non-hydrogen) atoms. The number of alkyl carbamates (subject to hydrolysis) is 1. The van der Waals surface area contributed by atoms with Crippen molar-refractivity contribution in [2.24, 2.45) is 0 Å². The maximum Gasteiger partial charge on any atom is 0.408 e. The molecule has 1 amide bonds. The lowest BCUT2D eigenvalue weighted by atomic mass is 10.1. The summed E-state index contributed by atoms with van der Waals surface area (Å²) in [5.41, 5.74) is 2.41. The van der Waals surface area contributed by atoms with Gasteiger partial charge in [-0.05, 0) is 51.5 Å². The van der Waals surface area contributed by atoms with E-state index in [4.69, 9.17) is 9.47 Å².